The molecule has 118 valence electrons. The number of nitrogens with one attached hydrogen (secondary N) is 1. The van der Waals surface area contributed by atoms with Gasteiger partial charge in [-0.1, -0.05) is 36.4 Å². The van der Waals surface area contributed by atoms with Crippen LogP contribution in [0.2, 0.25) is 0 Å². The Balaban J connectivity index is 1.83. The maximum atomic E-state index is 11.3. The van der Waals surface area contributed by atoms with Crippen LogP contribution in [0.5, 0.6) is 5.75 Å². The molecular weight excluding hydrogens is 294 g/mol. The molecule has 0 bridgehead atoms. The molecule has 0 saturated heterocycles. The third-order valence-corrected chi connectivity index (χ3v) is 3.85. The SMILES string of the molecule is O=C(O)CC(Cc1ccc2c(c1)OCC(=O)N2)c1ccccc1. The van der Waals surface area contributed by atoms with Gasteiger partial charge in [0.2, 0.25) is 0 Å². The zero-order valence-corrected chi connectivity index (χ0v) is 12.5. The summed E-state index contributed by atoms with van der Waals surface area (Å²) in [5.74, 6) is -0.465. The van der Waals surface area contributed by atoms with Crippen molar-refractivity contribution < 1.29 is 19.4 Å². The second-order valence-electron chi connectivity index (χ2n) is 5.58. The average Bonchev–Trinajstić information content (AvgIpc) is 2.55. The molecule has 1 amide bonds. The second kappa shape index (κ2) is 6.52. The van der Waals surface area contributed by atoms with Crippen molar-refractivity contribution in [2.75, 3.05) is 11.9 Å². The van der Waals surface area contributed by atoms with E-state index in [1.165, 1.54) is 0 Å². The van der Waals surface area contributed by atoms with Gasteiger partial charge >= 0.3 is 5.97 Å². The fraction of sp³-hybridized carbons (Fsp3) is 0.222. The van der Waals surface area contributed by atoms with Crippen molar-refractivity contribution in [1.82, 2.24) is 0 Å². The molecule has 5 nitrogen and oxygen atoms in total. The monoisotopic (exact) mass is 311 g/mol. The zero-order valence-electron chi connectivity index (χ0n) is 12.5. The number of carboxylic acids is 1. The number of carboxylic acid groups (broad SMARTS) is 1. The Bertz CT molecular complexity index is 727. The van der Waals surface area contributed by atoms with Gasteiger partial charge in [-0.15, -0.1) is 0 Å². The van der Waals surface area contributed by atoms with E-state index in [2.05, 4.69) is 5.32 Å². The van der Waals surface area contributed by atoms with Crippen LogP contribution in [0.3, 0.4) is 0 Å². The van der Waals surface area contributed by atoms with Crippen molar-refractivity contribution in [1.29, 1.82) is 0 Å². The third kappa shape index (κ3) is 3.69. The largest absolute Gasteiger partial charge is 0.482 e. The predicted octanol–water partition coefficient (Wildman–Crippen LogP) is 2.82. The highest BCUT2D eigenvalue weighted by atomic mass is 16.5. The fourth-order valence-electron chi connectivity index (χ4n) is 2.77. The van der Waals surface area contributed by atoms with Crippen molar-refractivity contribution in [3.63, 3.8) is 0 Å². The minimum Gasteiger partial charge on any atom is -0.482 e. The third-order valence-electron chi connectivity index (χ3n) is 3.85. The summed E-state index contributed by atoms with van der Waals surface area (Å²) in [5, 5.41) is 11.9. The van der Waals surface area contributed by atoms with Crippen LogP contribution in [0.15, 0.2) is 48.5 Å². The van der Waals surface area contributed by atoms with Gasteiger partial charge in [-0.25, -0.2) is 0 Å². The Kier molecular flexibility index (Phi) is 4.28. The molecular formula is C18H17NO4. The van der Waals surface area contributed by atoms with E-state index in [9.17, 15) is 14.7 Å². The van der Waals surface area contributed by atoms with Gasteiger partial charge in [0.25, 0.3) is 5.91 Å². The van der Waals surface area contributed by atoms with Gasteiger partial charge in [-0.3, -0.25) is 9.59 Å². The molecule has 1 unspecified atom stereocenters. The molecule has 0 radical (unpaired) electrons. The quantitative estimate of drug-likeness (QED) is 0.890. The van der Waals surface area contributed by atoms with E-state index in [1.807, 2.05) is 42.5 Å². The highest BCUT2D eigenvalue weighted by molar-refractivity contribution is 5.95. The van der Waals surface area contributed by atoms with E-state index in [-0.39, 0.29) is 24.9 Å². The number of hydrogen-bond donors (Lipinski definition) is 2. The fourth-order valence-corrected chi connectivity index (χ4v) is 2.77. The van der Waals surface area contributed by atoms with Gasteiger partial charge in [-0.2, -0.15) is 0 Å². The second-order valence-corrected chi connectivity index (χ2v) is 5.58. The van der Waals surface area contributed by atoms with E-state index in [1.54, 1.807) is 6.07 Å². The number of aliphatic carboxylic acids is 1. The van der Waals surface area contributed by atoms with Gasteiger partial charge in [0.05, 0.1) is 12.1 Å². The summed E-state index contributed by atoms with van der Waals surface area (Å²) in [6, 6.07) is 15.2. The van der Waals surface area contributed by atoms with Gasteiger partial charge in [0.15, 0.2) is 6.61 Å². The number of carbonyl (C=O) groups is 2. The zero-order chi connectivity index (χ0) is 16.2. The summed E-state index contributed by atoms with van der Waals surface area (Å²) in [4.78, 5) is 22.5. The minimum absolute atomic E-state index is 0.00763. The van der Waals surface area contributed by atoms with Gasteiger partial charge in [0, 0.05) is 0 Å². The molecule has 0 saturated carbocycles. The average molecular weight is 311 g/mol. The number of hydrogen-bond acceptors (Lipinski definition) is 3. The number of fused-ring (bicyclic) bond motifs is 1. The highest BCUT2D eigenvalue weighted by Crippen LogP contribution is 2.31. The molecule has 0 fully saturated rings. The van der Waals surface area contributed by atoms with Crippen LogP contribution < -0.4 is 10.1 Å². The van der Waals surface area contributed by atoms with Gasteiger partial charge in [-0.05, 0) is 35.6 Å². The van der Waals surface area contributed by atoms with Crippen molar-refractivity contribution in [3.8, 4) is 5.75 Å². The number of carbonyl (C=O) groups excluding carboxylic acids is 1. The summed E-state index contributed by atoms with van der Waals surface area (Å²) in [6.07, 6.45) is 0.666. The van der Waals surface area contributed by atoms with E-state index in [0.29, 0.717) is 17.9 Å². The lowest BCUT2D eigenvalue weighted by atomic mass is 9.89. The van der Waals surface area contributed by atoms with Gasteiger partial charge in [0.1, 0.15) is 5.75 Å². The first-order valence-corrected chi connectivity index (χ1v) is 7.44. The van der Waals surface area contributed by atoms with Crippen molar-refractivity contribution in [2.45, 2.75) is 18.8 Å². The topological polar surface area (TPSA) is 75.6 Å². The van der Waals surface area contributed by atoms with Crippen molar-refractivity contribution in [2.24, 2.45) is 0 Å². The molecule has 1 aliphatic heterocycles. The van der Waals surface area contributed by atoms with E-state index < -0.39 is 5.97 Å². The molecule has 0 aliphatic carbocycles. The Labute approximate surface area is 133 Å². The molecule has 23 heavy (non-hydrogen) atoms. The van der Waals surface area contributed by atoms with Crippen LogP contribution in [-0.2, 0) is 16.0 Å². The van der Waals surface area contributed by atoms with Crippen LogP contribution in [0, 0.1) is 0 Å². The van der Waals surface area contributed by atoms with Crippen LogP contribution in [0.25, 0.3) is 0 Å². The lowest BCUT2D eigenvalue weighted by Crippen LogP contribution is -2.25. The molecule has 0 aromatic heterocycles. The molecule has 1 aliphatic rings. The molecule has 2 aromatic carbocycles. The number of anilines is 1. The number of amides is 1. The van der Waals surface area contributed by atoms with Crippen molar-refractivity contribution in [3.05, 3.63) is 59.7 Å². The number of ether oxygens (including phenoxy) is 1. The van der Waals surface area contributed by atoms with E-state index >= 15 is 0 Å². The molecule has 2 aromatic rings. The van der Waals surface area contributed by atoms with Gasteiger partial charge < -0.3 is 15.2 Å². The van der Waals surface area contributed by atoms with E-state index in [0.717, 1.165) is 11.1 Å². The molecule has 2 N–H and O–H groups in total. The predicted molar refractivity (Wildman–Crippen MR) is 85.7 cm³/mol. The summed E-state index contributed by atoms with van der Waals surface area (Å²) >= 11 is 0. The molecule has 5 heteroatoms. The summed E-state index contributed by atoms with van der Waals surface area (Å²) < 4.78 is 5.42. The molecule has 1 heterocycles. The molecule has 3 rings (SSSR count). The van der Waals surface area contributed by atoms with Crippen LogP contribution in [-0.4, -0.2) is 23.6 Å². The molecule has 1 atom stereocenters. The van der Waals surface area contributed by atoms with Crippen LogP contribution in [0.4, 0.5) is 5.69 Å². The lowest BCUT2D eigenvalue weighted by Gasteiger charge is -2.20. The maximum Gasteiger partial charge on any atom is 0.303 e. The first kappa shape index (κ1) is 15.1. The Morgan fingerprint density at radius 1 is 1.22 bits per heavy atom. The Morgan fingerprint density at radius 3 is 2.74 bits per heavy atom. The van der Waals surface area contributed by atoms with Crippen LogP contribution >= 0.6 is 0 Å². The normalized spacial score (nSPS) is 14.3. The first-order valence-electron chi connectivity index (χ1n) is 7.44. The Hall–Kier alpha value is -2.82. The van der Waals surface area contributed by atoms with Crippen molar-refractivity contribution >= 4 is 17.6 Å². The highest BCUT2D eigenvalue weighted by Gasteiger charge is 2.19. The summed E-state index contributed by atoms with van der Waals surface area (Å²) in [7, 11) is 0. The summed E-state index contributed by atoms with van der Waals surface area (Å²) in [6.45, 7) is 0.00763. The molecule has 0 spiro atoms. The van der Waals surface area contributed by atoms with E-state index in [4.69, 9.17) is 4.74 Å². The Morgan fingerprint density at radius 2 is 2.00 bits per heavy atom. The van der Waals surface area contributed by atoms with Crippen LogP contribution in [0.1, 0.15) is 23.5 Å². The smallest absolute Gasteiger partial charge is 0.303 e. The maximum absolute atomic E-state index is 11.3. The minimum atomic E-state index is -0.819. The first-order chi connectivity index (χ1) is 11.1. The standard InChI is InChI=1S/C18H17NO4/c20-17-11-23-16-9-12(6-7-15(16)19-17)8-14(10-18(21)22)13-4-2-1-3-5-13/h1-7,9,14H,8,10-11H2,(H,19,20)(H,21,22). The number of rotatable bonds is 5. The summed E-state index contributed by atoms with van der Waals surface area (Å²) in [5.41, 5.74) is 2.64. The number of benzene rings is 2. The lowest BCUT2D eigenvalue weighted by molar-refractivity contribution is -0.137.